The van der Waals surface area contributed by atoms with E-state index in [0.717, 1.165) is 15.0 Å². The first-order chi connectivity index (χ1) is 11.3. The number of rotatable bonds is 6. The van der Waals surface area contributed by atoms with Crippen molar-refractivity contribution in [1.29, 1.82) is 0 Å². The van der Waals surface area contributed by atoms with Crippen molar-refractivity contribution >= 4 is 28.2 Å². The van der Waals surface area contributed by atoms with Gasteiger partial charge in [0.1, 0.15) is 0 Å². The molecule has 0 amide bonds. The van der Waals surface area contributed by atoms with Gasteiger partial charge in [-0.2, -0.15) is 0 Å². The van der Waals surface area contributed by atoms with E-state index < -0.39 is 0 Å². The quantitative estimate of drug-likeness (QED) is 0.676. The molecule has 1 fully saturated rings. The molecular formula is C15H15N5OS2. The van der Waals surface area contributed by atoms with Crippen LogP contribution in [0.4, 0.5) is 5.13 Å². The van der Waals surface area contributed by atoms with Crippen molar-refractivity contribution < 1.29 is 4.42 Å². The molecule has 0 aliphatic heterocycles. The van der Waals surface area contributed by atoms with Gasteiger partial charge in [0.2, 0.25) is 16.9 Å². The Hall–Kier alpha value is -1.93. The van der Waals surface area contributed by atoms with Gasteiger partial charge in [-0.25, -0.2) is 0 Å². The molecule has 1 aromatic carbocycles. The van der Waals surface area contributed by atoms with Crippen molar-refractivity contribution in [3.63, 3.8) is 0 Å². The highest BCUT2D eigenvalue weighted by atomic mass is 32.2. The van der Waals surface area contributed by atoms with Crippen LogP contribution in [-0.2, 0) is 0 Å². The van der Waals surface area contributed by atoms with E-state index in [1.807, 2.05) is 37.3 Å². The monoisotopic (exact) mass is 345 g/mol. The summed E-state index contributed by atoms with van der Waals surface area (Å²) in [5, 5.41) is 20.9. The Balaban J connectivity index is 1.43. The average molecular weight is 345 g/mol. The van der Waals surface area contributed by atoms with Crippen LogP contribution in [0.5, 0.6) is 0 Å². The van der Waals surface area contributed by atoms with Crippen LogP contribution >= 0.6 is 23.1 Å². The molecule has 8 heteroatoms. The summed E-state index contributed by atoms with van der Waals surface area (Å²) in [6.45, 7) is 2.03. The van der Waals surface area contributed by atoms with E-state index in [2.05, 4.69) is 25.7 Å². The van der Waals surface area contributed by atoms with Crippen LogP contribution in [-0.4, -0.2) is 26.4 Å². The van der Waals surface area contributed by atoms with E-state index in [1.165, 1.54) is 12.8 Å². The Morgan fingerprint density at radius 2 is 2.00 bits per heavy atom. The van der Waals surface area contributed by atoms with Crippen molar-refractivity contribution in [1.82, 2.24) is 20.4 Å². The second kappa shape index (κ2) is 6.29. The van der Waals surface area contributed by atoms with Crippen LogP contribution in [0.2, 0.25) is 0 Å². The van der Waals surface area contributed by atoms with Gasteiger partial charge in [0, 0.05) is 11.6 Å². The van der Waals surface area contributed by atoms with E-state index in [4.69, 9.17) is 4.42 Å². The van der Waals surface area contributed by atoms with E-state index in [9.17, 15) is 0 Å². The molecule has 23 heavy (non-hydrogen) atoms. The van der Waals surface area contributed by atoms with E-state index in [0.29, 0.717) is 17.8 Å². The van der Waals surface area contributed by atoms with E-state index >= 15 is 0 Å². The van der Waals surface area contributed by atoms with Gasteiger partial charge in [0.25, 0.3) is 0 Å². The molecule has 0 radical (unpaired) electrons. The molecule has 1 aliphatic rings. The molecule has 0 unspecified atom stereocenters. The SMILES string of the molecule is C[C@@H](Sc1nnc(NC2CC2)s1)c1nnc(-c2ccccc2)o1. The average Bonchev–Trinajstić information content (AvgIpc) is 3.07. The zero-order valence-electron chi connectivity index (χ0n) is 12.5. The van der Waals surface area contributed by atoms with Gasteiger partial charge in [0.05, 0.1) is 5.25 Å². The van der Waals surface area contributed by atoms with Crippen LogP contribution in [0.1, 0.15) is 30.9 Å². The molecule has 0 saturated heterocycles. The molecule has 3 aromatic rings. The fraction of sp³-hybridized carbons (Fsp3) is 0.333. The first kappa shape index (κ1) is 14.6. The molecule has 2 aromatic heterocycles. The lowest BCUT2D eigenvalue weighted by Crippen LogP contribution is -1.99. The molecule has 0 bridgehead atoms. The molecular weight excluding hydrogens is 330 g/mol. The number of hydrogen-bond donors (Lipinski definition) is 1. The Labute approximate surface area is 141 Å². The number of benzene rings is 1. The largest absolute Gasteiger partial charge is 0.419 e. The summed E-state index contributed by atoms with van der Waals surface area (Å²) < 4.78 is 6.69. The van der Waals surface area contributed by atoms with Gasteiger partial charge in [0.15, 0.2) is 4.34 Å². The number of nitrogens with zero attached hydrogens (tertiary/aromatic N) is 4. The first-order valence-corrected chi connectivity index (χ1v) is 9.13. The molecule has 1 aliphatic carbocycles. The fourth-order valence-electron chi connectivity index (χ4n) is 2.02. The summed E-state index contributed by atoms with van der Waals surface area (Å²) in [4.78, 5) is 0. The summed E-state index contributed by atoms with van der Waals surface area (Å²) in [5.41, 5.74) is 0.926. The van der Waals surface area contributed by atoms with Crippen molar-refractivity contribution in [3.05, 3.63) is 36.2 Å². The maximum absolute atomic E-state index is 5.78. The second-order valence-electron chi connectivity index (χ2n) is 5.36. The first-order valence-electron chi connectivity index (χ1n) is 7.43. The summed E-state index contributed by atoms with van der Waals surface area (Å²) in [7, 11) is 0. The van der Waals surface area contributed by atoms with Gasteiger partial charge >= 0.3 is 0 Å². The Morgan fingerprint density at radius 3 is 2.78 bits per heavy atom. The highest BCUT2D eigenvalue weighted by Gasteiger charge is 2.23. The van der Waals surface area contributed by atoms with Crippen molar-refractivity contribution in [2.45, 2.75) is 35.4 Å². The summed E-state index contributed by atoms with van der Waals surface area (Å²) in [6, 6.07) is 10.4. The lowest BCUT2D eigenvalue weighted by molar-refractivity contribution is 0.509. The zero-order valence-corrected chi connectivity index (χ0v) is 14.1. The minimum absolute atomic E-state index is 0.0293. The van der Waals surface area contributed by atoms with E-state index in [-0.39, 0.29) is 5.25 Å². The van der Waals surface area contributed by atoms with Crippen molar-refractivity contribution in [2.24, 2.45) is 0 Å². The van der Waals surface area contributed by atoms with Crippen molar-refractivity contribution in [3.8, 4) is 11.5 Å². The maximum Gasteiger partial charge on any atom is 0.247 e. The minimum Gasteiger partial charge on any atom is -0.419 e. The smallest absolute Gasteiger partial charge is 0.247 e. The number of nitrogens with one attached hydrogen (secondary N) is 1. The highest BCUT2D eigenvalue weighted by molar-refractivity contribution is 8.01. The number of thioether (sulfide) groups is 1. The van der Waals surface area contributed by atoms with Gasteiger partial charge < -0.3 is 9.73 Å². The van der Waals surface area contributed by atoms with Crippen LogP contribution in [0, 0.1) is 0 Å². The van der Waals surface area contributed by atoms with Crippen LogP contribution in [0.3, 0.4) is 0 Å². The summed E-state index contributed by atoms with van der Waals surface area (Å²) in [6.07, 6.45) is 2.45. The Kier molecular flexibility index (Phi) is 4.00. The summed E-state index contributed by atoms with van der Waals surface area (Å²) >= 11 is 3.15. The zero-order chi connectivity index (χ0) is 15.6. The van der Waals surface area contributed by atoms with Gasteiger partial charge in [-0.3, -0.25) is 0 Å². The van der Waals surface area contributed by atoms with Gasteiger partial charge in [-0.15, -0.1) is 20.4 Å². The third-order valence-corrected chi connectivity index (χ3v) is 5.42. The Bertz CT molecular complexity index is 784. The van der Waals surface area contributed by atoms with Gasteiger partial charge in [-0.1, -0.05) is 41.3 Å². The van der Waals surface area contributed by atoms with Crippen molar-refractivity contribution in [2.75, 3.05) is 5.32 Å². The Morgan fingerprint density at radius 1 is 1.17 bits per heavy atom. The maximum atomic E-state index is 5.78. The van der Waals surface area contributed by atoms with Crippen LogP contribution in [0.15, 0.2) is 39.1 Å². The molecule has 1 N–H and O–H groups in total. The molecule has 0 spiro atoms. The third-order valence-electron chi connectivity index (χ3n) is 3.40. The molecule has 6 nitrogen and oxygen atoms in total. The number of anilines is 1. The molecule has 4 rings (SSSR count). The highest BCUT2D eigenvalue weighted by Crippen LogP contribution is 2.38. The third kappa shape index (κ3) is 3.53. The fourth-order valence-corrected chi connectivity index (χ4v) is 4.02. The normalized spacial score (nSPS) is 15.5. The molecule has 2 heterocycles. The predicted molar refractivity (Wildman–Crippen MR) is 90.6 cm³/mol. The summed E-state index contributed by atoms with van der Waals surface area (Å²) in [5.74, 6) is 1.14. The molecule has 1 saturated carbocycles. The predicted octanol–water partition coefficient (Wildman–Crippen LogP) is 4.02. The lowest BCUT2D eigenvalue weighted by atomic mass is 10.2. The van der Waals surface area contributed by atoms with Crippen LogP contribution in [0.25, 0.3) is 11.5 Å². The van der Waals surface area contributed by atoms with E-state index in [1.54, 1.807) is 23.1 Å². The van der Waals surface area contributed by atoms with Gasteiger partial charge in [-0.05, 0) is 31.9 Å². The minimum atomic E-state index is 0.0293. The number of aromatic nitrogens is 4. The topological polar surface area (TPSA) is 76.7 Å². The lowest BCUT2D eigenvalue weighted by Gasteiger charge is -2.02. The molecule has 1 atom stereocenters. The number of hydrogen-bond acceptors (Lipinski definition) is 8. The molecule has 118 valence electrons. The standard InChI is InChI=1S/C15H15N5OS2/c1-9(22-15-20-19-14(23-15)16-11-7-8-11)12-17-18-13(21-12)10-5-3-2-4-6-10/h2-6,9,11H,7-8H2,1H3,(H,16,19)/t9-/m1/s1. The second-order valence-corrected chi connectivity index (χ2v) is 7.93. The van der Waals surface area contributed by atoms with Crippen LogP contribution < -0.4 is 5.32 Å².